The zero-order chi connectivity index (χ0) is 14.0. The van der Waals surface area contributed by atoms with Crippen LogP contribution >= 0.6 is 0 Å². The molecule has 1 aromatic rings. The fourth-order valence-corrected chi connectivity index (χ4v) is 0.692. The summed E-state index contributed by atoms with van der Waals surface area (Å²) >= 11 is 0. The minimum atomic E-state index is -1.31. The number of amides is 1. The molecule has 0 aromatic heterocycles. The third-order valence-electron chi connectivity index (χ3n) is 1.24. The van der Waals surface area contributed by atoms with Crippen LogP contribution in [0.1, 0.15) is 15.8 Å². The number of carbonyl (C=O) groups excluding carboxylic acids is 1. The van der Waals surface area contributed by atoms with Gasteiger partial charge in [-0.3, -0.25) is 9.59 Å². The Balaban J connectivity index is 3.24. The van der Waals surface area contributed by atoms with E-state index in [0.29, 0.717) is 0 Å². The second-order valence-corrected chi connectivity index (χ2v) is 2.30. The molecule has 0 atom stereocenters. The van der Waals surface area contributed by atoms with E-state index in [-0.39, 0.29) is 0 Å². The van der Waals surface area contributed by atoms with Crippen molar-refractivity contribution in [3.05, 3.63) is 29.7 Å². The Morgan fingerprint density at radius 3 is 2.86 bits per heavy atom. The van der Waals surface area contributed by atoms with Crippen LogP contribution in [-0.2, 0) is 4.79 Å². The Morgan fingerprint density at radius 1 is 1.50 bits per heavy atom. The molecule has 74 valence electrons. The van der Waals surface area contributed by atoms with E-state index in [1.165, 1.54) is 0 Å². The second-order valence-electron chi connectivity index (χ2n) is 2.30. The Labute approximate surface area is 85.6 Å². The Hall–Kier alpha value is -2.04. The summed E-state index contributed by atoms with van der Waals surface area (Å²) in [6, 6.07) is -2.90. The first kappa shape index (κ1) is 5.64. The van der Waals surface area contributed by atoms with Gasteiger partial charge in [0.25, 0.3) is 5.91 Å². The maximum absolute atomic E-state index is 11.5. The van der Waals surface area contributed by atoms with Crippen molar-refractivity contribution in [1.29, 1.82) is 0 Å². The van der Waals surface area contributed by atoms with E-state index in [1.807, 2.05) is 5.32 Å². The Bertz CT molecular complexity index is 503. The molecule has 0 radical (unpaired) electrons. The van der Waals surface area contributed by atoms with Crippen molar-refractivity contribution in [2.45, 2.75) is 0 Å². The highest BCUT2D eigenvalue weighted by Crippen LogP contribution is 2.10. The molecule has 0 unspecified atom stereocenters. The lowest BCUT2D eigenvalue weighted by Crippen LogP contribution is -2.29. The first-order valence-electron chi connectivity index (χ1n) is 5.56. The SMILES string of the molecule is [2H]c1c([2H])c(O)c([2H])c(C(=O)NCC(=O)O)c1[2H]. The smallest absolute Gasteiger partial charge is 0.322 e. The lowest BCUT2D eigenvalue weighted by atomic mass is 10.2. The fraction of sp³-hybridized carbons (Fsp3) is 0.111. The molecule has 1 rings (SSSR count). The van der Waals surface area contributed by atoms with Crippen LogP contribution in [0.5, 0.6) is 5.75 Å². The first-order valence-corrected chi connectivity index (χ1v) is 3.56. The average Bonchev–Trinajstić information content (AvgIpc) is 2.31. The lowest BCUT2D eigenvalue weighted by molar-refractivity contribution is -0.135. The number of aliphatic carboxylic acids is 1. The fourth-order valence-electron chi connectivity index (χ4n) is 0.692. The molecule has 0 aliphatic heterocycles. The van der Waals surface area contributed by atoms with Gasteiger partial charge in [-0.05, 0) is 18.1 Å². The molecule has 0 spiro atoms. The van der Waals surface area contributed by atoms with Gasteiger partial charge in [0.15, 0.2) is 0 Å². The summed E-state index contributed by atoms with van der Waals surface area (Å²) in [4.78, 5) is 21.8. The van der Waals surface area contributed by atoms with Crippen molar-refractivity contribution < 1.29 is 25.3 Å². The van der Waals surface area contributed by atoms with E-state index < -0.39 is 53.9 Å². The number of carboxylic acids is 1. The molecule has 0 aliphatic rings. The van der Waals surface area contributed by atoms with Gasteiger partial charge >= 0.3 is 5.97 Å². The van der Waals surface area contributed by atoms with Crippen molar-refractivity contribution in [2.24, 2.45) is 0 Å². The Kier molecular flexibility index (Phi) is 1.72. The van der Waals surface area contributed by atoms with E-state index in [9.17, 15) is 14.7 Å². The van der Waals surface area contributed by atoms with Crippen LogP contribution in [0, 0.1) is 0 Å². The predicted octanol–water partition coefficient (Wildman–Crippen LogP) is 0.207. The lowest BCUT2D eigenvalue weighted by Gasteiger charge is -2.01. The molecule has 14 heavy (non-hydrogen) atoms. The van der Waals surface area contributed by atoms with Crippen LogP contribution in [0.4, 0.5) is 0 Å². The van der Waals surface area contributed by atoms with Gasteiger partial charge in [0, 0.05) is 5.56 Å². The molecule has 0 fully saturated rings. The highest BCUT2D eigenvalue weighted by molar-refractivity contribution is 5.96. The number of phenolic OH excluding ortho intramolecular Hbond substituents is 1. The summed E-state index contributed by atoms with van der Waals surface area (Å²) in [6.07, 6.45) is 0. The zero-order valence-corrected chi connectivity index (χ0v) is 6.92. The number of hydrogen-bond donors (Lipinski definition) is 3. The van der Waals surface area contributed by atoms with Crippen LogP contribution in [0.25, 0.3) is 0 Å². The van der Waals surface area contributed by atoms with Crippen LogP contribution in [0.2, 0.25) is 0 Å². The molecular formula is C9H9NO4. The molecule has 0 heterocycles. The van der Waals surface area contributed by atoms with Crippen molar-refractivity contribution >= 4 is 11.9 Å². The molecule has 3 N–H and O–H groups in total. The minimum Gasteiger partial charge on any atom is -0.508 e. The number of carbonyl (C=O) groups is 2. The van der Waals surface area contributed by atoms with Gasteiger partial charge in [-0.1, -0.05) is 6.04 Å². The van der Waals surface area contributed by atoms with Gasteiger partial charge in [-0.15, -0.1) is 0 Å². The van der Waals surface area contributed by atoms with Crippen molar-refractivity contribution in [1.82, 2.24) is 5.32 Å². The molecule has 0 bridgehead atoms. The van der Waals surface area contributed by atoms with Crippen LogP contribution in [0.3, 0.4) is 0 Å². The standard InChI is InChI=1S/C9H9NO4/c11-7-3-1-2-6(4-7)9(14)10-5-8(12)13/h1-4,11H,5H2,(H,10,14)(H,12,13)/i1D,2D,3D,4D. The van der Waals surface area contributed by atoms with Gasteiger partial charge in [0.1, 0.15) is 12.3 Å². The third kappa shape index (κ3) is 2.78. The molecule has 1 aromatic carbocycles. The largest absolute Gasteiger partial charge is 0.508 e. The van der Waals surface area contributed by atoms with E-state index in [2.05, 4.69) is 0 Å². The van der Waals surface area contributed by atoms with Gasteiger partial charge in [0.05, 0.1) is 5.48 Å². The molecule has 5 heteroatoms. The quantitative estimate of drug-likeness (QED) is 0.649. The molecule has 0 aliphatic carbocycles. The summed E-state index contributed by atoms with van der Waals surface area (Å²) in [5.74, 6) is -3.26. The topological polar surface area (TPSA) is 86.6 Å². The van der Waals surface area contributed by atoms with E-state index in [1.54, 1.807) is 0 Å². The van der Waals surface area contributed by atoms with E-state index >= 15 is 0 Å². The number of hydrogen-bond acceptors (Lipinski definition) is 3. The van der Waals surface area contributed by atoms with Gasteiger partial charge in [-0.2, -0.15) is 0 Å². The summed E-state index contributed by atoms with van der Waals surface area (Å²) in [6.45, 7) is -0.714. The molecule has 1 amide bonds. The number of phenols is 1. The summed E-state index contributed by atoms with van der Waals surface area (Å²) in [5, 5.41) is 19.6. The number of aromatic hydroxyl groups is 1. The summed E-state index contributed by atoms with van der Waals surface area (Å²) < 4.78 is 29.4. The van der Waals surface area contributed by atoms with Gasteiger partial charge in [0.2, 0.25) is 0 Å². The minimum absolute atomic E-state index is 0.630. The van der Waals surface area contributed by atoms with E-state index in [0.717, 1.165) is 0 Å². The van der Waals surface area contributed by atoms with Crippen molar-refractivity contribution in [3.8, 4) is 5.75 Å². The normalized spacial score (nSPS) is 13.4. The van der Waals surface area contributed by atoms with Crippen molar-refractivity contribution in [2.75, 3.05) is 6.54 Å². The van der Waals surface area contributed by atoms with Crippen molar-refractivity contribution in [3.63, 3.8) is 0 Å². The van der Waals surface area contributed by atoms with E-state index in [4.69, 9.17) is 10.6 Å². The highest BCUT2D eigenvalue weighted by Gasteiger charge is 2.06. The zero-order valence-electron chi connectivity index (χ0n) is 10.9. The summed E-state index contributed by atoms with van der Waals surface area (Å²) in [5.41, 5.74) is -0.630. The monoisotopic (exact) mass is 199 g/mol. The average molecular weight is 199 g/mol. The predicted molar refractivity (Wildman–Crippen MR) is 48.1 cm³/mol. The number of benzene rings is 1. The molecule has 0 saturated carbocycles. The molecule has 0 saturated heterocycles. The maximum Gasteiger partial charge on any atom is 0.322 e. The summed E-state index contributed by atoms with van der Waals surface area (Å²) in [7, 11) is 0. The van der Waals surface area contributed by atoms with Gasteiger partial charge < -0.3 is 15.5 Å². The van der Waals surface area contributed by atoms with Crippen LogP contribution < -0.4 is 5.32 Å². The second kappa shape index (κ2) is 4.27. The number of nitrogens with one attached hydrogen (secondary N) is 1. The van der Waals surface area contributed by atoms with Gasteiger partial charge in [-0.25, -0.2) is 0 Å². The highest BCUT2D eigenvalue weighted by atomic mass is 16.4. The molecular weight excluding hydrogens is 186 g/mol. The first-order chi connectivity index (χ1) is 8.27. The van der Waals surface area contributed by atoms with Crippen LogP contribution in [-0.4, -0.2) is 28.6 Å². The number of rotatable bonds is 3. The Morgan fingerprint density at radius 2 is 2.21 bits per heavy atom. The van der Waals surface area contributed by atoms with Crippen LogP contribution in [0.15, 0.2) is 24.2 Å². The number of carboxylic acid groups (broad SMARTS) is 1. The molecule has 5 nitrogen and oxygen atoms in total. The maximum atomic E-state index is 11.5. The third-order valence-corrected chi connectivity index (χ3v) is 1.24.